The number of halogens is 2. The van der Waals surface area contributed by atoms with Gasteiger partial charge in [0.2, 0.25) is 0 Å². The van der Waals surface area contributed by atoms with Crippen LogP contribution in [0.1, 0.15) is 12.0 Å². The Labute approximate surface area is 111 Å². The van der Waals surface area contributed by atoms with E-state index in [0.29, 0.717) is 18.5 Å². The number of nitrogens with zero attached hydrogens (tertiary/aromatic N) is 1. The van der Waals surface area contributed by atoms with Crippen molar-refractivity contribution in [2.24, 2.45) is 5.73 Å². The van der Waals surface area contributed by atoms with Crippen LogP contribution in [0, 0.1) is 11.6 Å². The van der Waals surface area contributed by atoms with E-state index < -0.39 is 21.5 Å². The molecule has 1 saturated heterocycles. The maximum absolute atomic E-state index is 13.9. The predicted molar refractivity (Wildman–Crippen MR) is 69.7 cm³/mol. The summed E-state index contributed by atoms with van der Waals surface area (Å²) in [6.45, 7) is 0.496. The quantitative estimate of drug-likeness (QED) is 0.884. The number of nitrogens with two attached hydrogens (primary N) is 1. The van der Waals surface area contributed by atoms with Crippen molar-refractivity contribution >= 4 is 15.5 Å². The van der Waals surface area contributed by atoms with E-state index in [9.17, 15) is 17.2 Å². The highest BCUT2D eigenvalue weighted by molar-refractivity contribution is 7.91. The van der Waals surface area contributed by atoms with Crippen LogP contribution in [0.15, 0.2) is 12.1 Å². The number of anilines is 1. The molecule has 19 heavy (non-hydrogen) atoms. The lowest BCUT2D eigenvalue weighted by Crippen LogP contribution is -2.28. The molecule has 1 heterocycles. The van der Waals surface area contributed by atoms with Gasteiger partial charge in [0.15, 0.2) is 9.84 Å². The van der Waals surface area contributed by atoms with Gasteiger partial charge in [-0.2, -0.15) is 0 Å². The first kappa shape index (κ1) is 14.2. The molecule has 7 heteroatoms. The van der Waals surface area contributed by atoms with Gasteiger partial charge in [-0.3, -0.25) is 0 Å². The van der Waals surface area contributed by atoms with Gasteiger partial charge in [-0.05, 0) is 24.1 Å². The minimum absolute atomic E-state index is 0.0580. The second kappa shape index (κ2) is 5.42. The van der Waals surface area contributed by atoms with Crippen LogP contribution in [-0.2, 0) is 16.4 Å². The molecule has 2 N–H and O–H groups in total. The topological polar surface area (TPSA) is 63.4 Å². The Bertz CT molecular complexity index is 552. The lowest BCUT2D eigenvalue weighted by atomic mass is 10.1. The van der Waals surface area contributed by atoms with Gasteiger partial charge < -0.3 is 10.6 Å². The van der Waals surface area contributed by atoms with Crippen LogP contribution < -0.4 is 10.6 Å². The van der Waals surface area contributed by atoms with Gasteiger partial charge in [0.1, 0.15) is 17.3 Å². The van der Waals surface area contributed by atoms with E-state index in [4.69, 9.17) is 5.73 Å². The van der Waals surface area contributed by atoms with Gasteiger partial charge in [0.05, 0.1) is 11.5 Å². The van der Waals surface area contributed by atoms with Gasteiger partial charge >= 0.3 is 0 Å². The summed E-state index contributed by atoms with van der Waals surface area (Å²) in [7, 11) is -3.11. The lowest BCUT2D eigenvalue weighted by Gasteiger charge is -2.23. The zero-order valence-electron chi connectivity index (χ0n) is 10.4. The van der Waals surface area contributed by atoms with Gasteiger partial charge in [0, 0.05) is 19.6 Å². The van der Waals surface area contributed by atoms with Crippen LogP contribution in [-0.4, -0.2) is 33.0 Å². The van der Waals surface area contributed by atoms with E-state index in [-0.39, 0.29) is 30.3 Å². The molecule has 0 atom stereocenters. The smallest absolute Gasteiger partial charge is 0.152 e. The van der Waals surface area contributed by atoms with Crippen molar-refractivity contribution in [3.8, 4) is 0 Å². The first-order valence-corrected chi connectivity index (χ1v) is 7.88. The summed E-state index contributed by atoms with van der Waals surface area (Å²) >= 11 is 0. The summed E-state index contributed by atoms with van der Waals surface area (Å²) in [5, 5.41) is 0. The van der Waals surface area contributed by atoms with Gasteiger partial charge in [-0.25, -0.2) is 17.2 Å². The molecule has 0 unspecified atom stereocenters. The third-order valence-corrected chi connectivity index (χ3v) is 4.90. The molecule has 106 valence electrons. The number of hydrogen-bond donors (Lipinski definition) is 1. The molecule has 1 aromatic carbocycles. The first-order valence-electron chi connectivity index (χ1n) is 6.06. The number of hydrogen-bond acceptors (Lipinski definition) is 4. The molecular weight excluding hydrogens is 274 g/mol. The second-order valence-electron chi connectivity index (χ2n) is 4.60. The van der Waals surface area contributed by atoms with Crippen molar-refractivity contribution in [2.45, 2.75) is 13.0 Å². The number of rotatable bonds is 2. The maximum Gasteiger partial charge on any atom is 0.152 e. The van der Waals surface area contributed by atoms with Crippen LogP contribution in [0.5, 0.6) is 0 Å². The summed E-state index contributed by atoms with van der Waals surface area (Å²) in [6.07, 6.45) is 0.375. The number of benzene rings is 1. The fourth-order valence-corrected chi connectivity index (χ4v) is 3.47. The molecule has 0 bridgehead atoms. The van der Waals surface area contributed by atoms with E-state index in [1.807, 2.05) is 0 Å². The highest BCUT2D eigenvalue weighted by Crippen LogP contribution is 2.26. The van der Waals surface area contributed by atoms with Gasteiger partial charge in [-0.1, -0.05) is 0 Å². The molecule has 0 aromatic heterocycles. The van der Waals surface area contributed by atoms with Crippen molar-refractivity contribution < 1.29 is 17.2 Å². The summed E-state index contributed by atoms with van der Waals surface area (Å²) < 4.78 is 50.8. The summed E-state index contributed by atoms with van der Waals surface area (Å²) in [6, 6.07) is 2.38. The van der Waals surface area contributed by atoms with Crippen molar-refractivity contribution in [3.05, 3.63) is 29.3 Å². The van der Waals surface area contributed by atoms with Crippen LogP contribution in [0.3, 0.4) is 0 Å². The van der Waals surface area contributed by atoms with E-state index in [1.165, 1.54) is 17.0 Å². The molecule has 0 radical (unpaired) electrons. The van der Waals surface area contributed by atoms with E-state index in [0.717, 1.165) is 0 Å². The maximum atomic E-state index is 13.9. The largest absolute Gasteiger partial charge is 0.366 e. The Balaban J connectivity index is 2.31. The van der Waals surface area contributed by atoms with Crippen LogP contribution in [0.2, 0.25) is 0 Å². The molecule has 2 rings (SSSR count). The number of sulfone groups is 1. The molecule has 0 aliphatic carbocycles. The van der Waals surface area contributed by atoms with Crippen molar-refractivity contribution in [1.82, 2.24) is 0 Å². The Hall–Kier alpha value is -1.21. The summed E-state index contributed by atoms with van der Waals surface area (Å²) in [4.78, 5) is 1.45. The van der Waals surface area contributed by atoms with E-state index >= 15 is 0 Å². The molecule has 1 aliphatic heterocycles. The molecule has 0 amide bonds. The summed E-state index contributed by atoms with van der Waals surface area (Å²) in [5.41, 5.74) is 5.57. The molecule has 1 aliphatic rings. The minimum atomic E-state index is -3.11. The van der Waals surface area contributed by atoms with Crippen molar-refractivity contribution in [2.75, 3.05) is 29.5 Å². The standard InChI is InChI=1S/C12H16F2N2O2S/c13-10-6-9(8-15)7-11(14)12(10)16-2-1-4-19(17,18)5-3-16/h6-7H,1-5,8,15H2. The Morgan fingerprint density at radius 2 is 1.79 bits per heavy atom. The van der Waals surface area contributed by atoms with Gasteiger partial charge in [-0.15, -0.1) is 0 Å². The average molecular weight is 290 g/mol. The SMILES string of the molecule is NCc1cc(F)c(N2CCCS(=O)(=O)CC2)c(F)c1. The third kappa shape index (κ3) is 3.22. The van der Waals surface area contributed by atoms with Crippen LogP contribution in [0.25, 0.3) is 0 Å². The lowest BCUT2D eigenvalue weighted by molar-refractivity contribution is 0.568. The Morgan fingerprint density at radius 1 is 1.16 bits per heavy atom. The van der Waals surface area contributed by atoms with E-state index in [1.54, 1.807) is 0 Å². The highest BCUT2D eigenvalue weighted by atomic mass is 32.2. The first-order chi connectivity index (χ1) is 8.93. The fourth-order valence-electron chi connectivity index (χ4n) is 2.20. The van der Waals surface area contributed by atoms with Crippen molar-refractivity contribution in [3.63, 3.8) is 0 Å². The highest BCUT2D eigenvalue weighted by Gasteiger charge is 2.23. The molecule has 0 saturated carbocycles. The van der Waals surface area contributed by atoms with Gasteiger partial charge in [0.25, 0.3) is 0 Å². The van der Waals surface area contributed by atoms with Crippen LogP contribution >= 0.6 is 0 Å². The normalized spacial score (nSPS) is 19.2. The molecule has 1 aromatic rings. The zero-order chi connectivity index (χ0) is 14.0. The molecular formula is C12H16F2N2O2S. The Morgan fingerprint density at radius 3 is 2.37 bits per heavy atom. The minimum Gasteiger partial charge on any atom is -0.366 e. The predicted octanol–water partition coefficient (Wildman–Crippen LogP) is 1.05. The fraction of sp³-hybridized carbons (Fsp3) is 0.500. The van der Waals surface area contributed by atoms with Crippen LogP contribution in [0.4, 0.5) is 14.5 Å². The summed E-state index contributed by atoms with van der Waals surface area (Å²) in [5.74, 6) is -1.41. The average Bonchev–Trinajstić information content (AvgIpc) is 2.50. The molecule has 4 nitrogen and oxygen atoms in total. The molecule has 1 fully saturated rings. The third-order valence-electron chi connectivity index (χ3n) is 3.18. The zero-order valence-corrected chi connectivity index (χ0v) is 11.2. The molecule has 0 spiro atoms. The monoisotopic (exact) mass is 290 g/mol. The van der Waals surface area contributed by atoms with E-state index in [2.05, 4.69) is 0 Å². The van der Waals surface area contributed by atoms with Crippen molar-refractivity contribution in [1.29, 1.82) is 0 Å². The second-order valence-corrected chi connectivity index (χ2v) is 6.91. The Kier molecular flexibility index (Phi) is 4.05.